The molecular formula is C19H24N4OS. The molecule has 0 atom stereocenters. The fourth-order valence-electron chi connectivity index (χ4n) is 3.80. The SMILES string of the molecule is O=C(Nc1nc2c(s1)CCCCC2)N1CCC(c2ccncc2)CC1. The molecule has 1 N–H and O–H groups in total. The van der Waals surface area contributed by atoms with Gasteiger partial charge in [0, 0.05) is 30.4 Å². The molecule has 3 heterocycles. The maximum atomic E-state index is 12.6. The second-order valence-corrected chi connectivity index (χ2v) is 8.01. The number of hydrogen-bond acceptors (Lipinski definition) is 4. The minimum Gasteiger partial charge on any atom is -0.324 e. The van der Waals surface area contributed by atoms with Crippen molar-refractivity contribution in [2.75, 3.05) is 18.4 Å². The van der Waals surface area contributed by atoms with Crippen LogP contribution in [0.15, 0.2) is 24.5 Å². The molecule has 1 fully saturated rings. The monoisotopic (exact) mass is 356 g/mol. The van der Waals surface area contributed by atoms with Gasteiger partial charge in [-0.2, -0.15) is 0 Å². The van der Waals surface area contributed by atoms with Crippen molar-refractivity contribution in [3.05, 3.63) is 40.7 Å². The van der Waals surface area contributed by atoms with E-state index in [0.717, 1.165) is 43.9 Å². The van der Waals surface area contributed by atoms with E-state index in [0.29, 0.717) is 5.92 Å². The Labute approximate surface area is 152 Å². The van der Waals surface area contributed by atoms with E-state index in [2.05, 4.69) is 27.4 Å². The lowest BCUT2D eigenvalue weighted by molar-refractivity contribution is 0.194. The highest BCUT2D eigenvalue weighted by Crippen LogP contribution is 2.30. The third-order valence-corrected chi connectivity index (χ3v) is 6.34. The number of piperidine rings is 1. The van der Waals surface area contributed by atoms with E-state index in [1.165, 1.54) is 35.4 Å². The van der Waals surface area contributed by atoms with E-state index in [1.807, 2.05) is 17.3 Å². The molecule has 1 aliphatic carbocycles. The highest BCUT2D eigenvalue weighted by molar-refractivity contribution is 7.15. The van der Waals surface area contributed by atoms with Gasteiger partial charge in [0.05, 0.1) is 5.69 Å². The Bertz CT molecular complexity index is 699. The number of nitrogens with one attached hydrogen (secondary N) is 1. The first kappa shape index (κ1) is 16.5. The Hall–Kier alpha value is -1.95. The van der Waals surface area contributed by atoms with Crippen LogP contribution in [-0.4, -0.2) is 34.0 Å². The maximum absolute atomic E-state index is 12.6. The van der Waals surface area contributed by atoms with Crippen molar-refractivity contribution in [2.45, 2.75) is 50.9 Å². The number of rotatable bonds is 2. The maximum Gasteiger partial charge on any atom is 0.323 e. The predicted molar refractivity (Wildman–Crippen MR) is 100 cm³/mol. The summed E-state index contributed by atoms with van der Waals surface area (Å²) in [5.41, 5.74) is 2.54. The van der Waals surface area contributed by atoms with Crippen molar-refractivity contribution in [3.8, 4) is 0 Å². The molecule has 6 heteroatoms. The van der Waals surface area contributed by atoms with Crippen LogP contribution in [0.4, 0.5) is 9.93 Å². The number of amides is 2. The number of carbonyl (C=O) groups is 1. The Morgan fingerprint density at radius 1 is 1.12 bits per heavy atom. The zero-order valence-corrected chi connectivity index (χ0v) is 15.2. The highest BCUT2D eigenvalue weighted by atomic mass is 32.1. The zero-order chi connectivity index (χ0) is 17.1. The minimum atomic E-state index is -0.00270. The van der Waals surface area contributed by atoms with E-state index in [1.54, 1.807) is 11.3 Å². The lowest BCUT2D eigenvalue weighted by Crippen LogP contribution is -2.40. The fourth-order valence-corrected chi connectivity index (χ4v) is 4.84. The number of fused-ring (bicyclic) bond motifs is 1. The van der Waals surface area contributed by atoms with Crippen molar-refractivity contribution in [3.63, 3.8) is 0 Å². The average molecular weight is 356 g/mol. The molecule has 1 aliphatic heterocycles. The number of hydrogen-bond donors (Lipinski definition) is 1. The van der Waals surface area contributed by atoms with E-state index < -0.39 is 0 Å². The molecule has 5 nitrogen and oxygen atoms in total. The smallest absolute Gasteiger partial charge is 0.323 e. The van der Waals surface area contributed by atoms with E-state index in [-0.39, 0.29) is 6.03 Å². The van der Waals surface area contributed by atoms with Crippen molar-refractivity contribution >= 4 is 22.5 Å². The zero-order valence-electron chi connectivity index (χ0n) is 14.4. The van der Waals surface area contributed by atoms with Gasteiger partial charge in [0.15, 0.2) is 5.13 Å². The van der Waals surface area contributed by atoms with Crippen LogP contribution in [0.25, 0.3) is 0 Å². The fraction of sp³-hybridized carbons (Fsp3) is 0.526. The second kappa shape index (κ2) is 7.52. The number of aromatic nitrogens is 2. The summed E-state index contributed by atoms with van der Waals surface area (Å²) in [5.74, 6) is 0.531. The Balaban J connectivity index is 1.33. The standard InChI is InChI=1S/C19H24N4OS/c24-19(22-18-21-16-4-2-1-3-5-17(16)25-18)23-12-8-15(9-13-23)14-6-10-20-11-7-14/h6-7,10-11,15H,1-5,8-9,12-13H2,(H,21,22,24). The molecule has 132 valence electrons. The van der Waals surface area contributed by atoms with Crippen molar-refractivity contribution < 1.29 is 4.79 Å². The van der Waals surface area contributed by atoms with Gasteiger partial charge in [0.2, 0.25) is 0 Å². The Kier molecular flexibility index (Phi) is 4.97. The number of thiazole rings is 1. The molecule has 0 aromatic carbocycles. The summed E-state index contributed by atoms with van der Waals surface area (Å²) in [6.07, 6.45) is 11.6. The Morgan fingerprint density at radius 2 is 1.88 bits per heavy atom. The first-order chi connectivity index (χ1) is 12.3. The van der Waals surface area contributed by atoms with E-state index >= 15 is 0 Å². The molecule has 2 aliphatic rings. The van der Waals surface area contributed by atoms with Gasteiger partial charge in [-0.1, -0.05) is 6.42 Å². The third kappa shape index (κ3) is 3.84. The van der Waals surface area contributed by atoms with Crippen LogP contribution in [0.2, 0.25) is 0 Å². The predicted octanol–water partition coefficient (Wildman–Crippen LogP) is 4.22. The summed E-state index contributed by atoms with van der Waals surface area (Å²) < 4.78 is 0. The van der Waals surface area contributed by atoms with E-state index in [4.69, 9.17) is 0 Å². The molecule has 0 radical (unpaired) electrons. The molecule has 0 unspecified atom stereocenters. The molecule has 25 heavy (non-hydrogen) atoms. The topological polar surface area (TPSA) is 58.1 Å². The van der Waals surface area contributed by atoms with Crippen LogP contribution in [0, 0.1) is 0 Å². The van der Waals surface area contributed by atoms with Crippen molar-refractivity contribution in [1.82, 2.24) is 14.9 Å². The van der Waals surface area contributed by atoms with Gasteiger partial charge in [-0.25, -0.2) is 9.78 Å². The highest BCUT2D eigenvalue weighted by Gasteiger charge is 2.25. The average Bonchev–Trinajstić information content (AvgIpc) is 2.90. The molecule has 2 amide bonds. The van der Waals surface area contributed by atoms with Gasteiger partial charge in [-0.05, 0) is 62.1 Å². The minimum absolute atomic E-state index is 0.00270. The Morgan fingerprint density at radius 3 is 2.68 bits per heavy atom. The number of nitrogens with zero attached hydrogens (tertiary/aromatic N) is 3. The summed E-state index contributed by atoms with van der Waals surface area (Å²) in [4.78, 5) is 24.6. The summed E-state index contributed by atoms with van der Waals surface area (Å²) in [6.45, 7) is 1.59. The number of pyridine rings is 1. The molecule has 2 aromatic heterocycles. The molecule has 0 spiro atoms. The molecular weight excluding hydrogens is 332 g/mol. The molecule has 2 aromatic rings. The second-order valence-electron chi connectivity index (χ2n) is 6.92. The number of anilines is 1. The number of carbonyl (C=O) groups excluding carboxylic acids is 1. The summed E-state index contributed by atoms with van der Waals surface area (Å²) in [7, 11) is 0. The molecule has 0 bridgehead atoms. The lowest BCUT2D eigenvalue weighted by atomic mass is 9.90. The summed E-state index contributed by atoms with van der Waals surface area (Å²) >= 11 is 1.66. The normalized spacial score (nSPS) is 18.5. The van der Waals surface area contributed by atoms with Crippen molar-refractivity contribution in [2.24, 2.45) is 0 Å². The van der Waals surface area contributed by atoms with Gasteiger partial charge in [-0.15, -0.1) is 11.3 Å². The third-order valence-electron chi connectivity index (χ3n) is 5.27. The van der Waals surface area contributed by atoms with Crippen LogP contribution in [-0.2, 0) is 12.8 Å². The van der Waals surface area contributed by atoms with Crippen LogP contribution in [0.1, 0.15) is 54.2 Å². The van der Waals surface area contributed by atoms with Crippen molar-refractivity contribution in [1.29, 1.82) is 0 Å². The largest absolute Gasteiger partial charge is 0.324 e. The first-order valence-corrected chi connectivity index (χ1v) is 10.1. The van der Waals surface area contributed by atoms with Crippen LogP contribution < -0.4 is 5.32 Å². The number of urea groups is 1. The molecule has 1 saturated heterocycles. The molecule has 0 saturated carbocycles. The number of likely N-dealkylation sites (tertiary alicyclic amines) is 1. The van der Waals surface area contributed by atoms with Gasteiger partial charge >= 0.3 is 6.03 Å². The van der Waals surface area contributed by atoms with Crippen LogP contribution in [0.5, 0.6) is 0 Å². The van der Waals surface area contributed by atoms with Crippen LogP contribution in [0.3, 0.4) is 0 Å². The van der Waals surface area contributed by atoms with Gasteiger partial charge in [0.25, 0.3) is 0 Å². The van der Waals surface area contributed by atoms with Gasteiger partial charge in [-0.3, -0.25) is 10.3 Å². The van der Waals surface area contributed by atoms with Gasteiger partial charge < -0.3 is 4.90 Å². The van der Waals surface area contributed by atoms with E-state index in [9.17, 15) is 4.79 Å². The lowest BCUT2D eigenvalue weighted by Gasteiger charge is -2.31. The summed E-state index contributed by atoms with van der Waals surface area (Å²) in [5, 5.41) is 3.80. The summed E-state index contributed by atoms with van der Waals surface area (Å²) in [6, 6.07) is 4.17. The molecule has 4 rings (SSSR count). The quantitative estimate of drug-likeness (QED) is 0.820. The van der Waals surface area contributed by atoms with Gasteiger partial charge in [0.1, 0.15) is 0 Å². The number of aryl methyl sites for hydroxylation is 2. The van der Waals surface area contributed by atoms with Crippen LogP contribution >= 0.6 is 11.3 Å². The first-order valence-electron chi connectivity index (χ1n) is 9.24.